The van der Waals surface area contributed by atoms with Gasteiger partial charge in [0.25, 0.3) is 5.56 Å². The normalized spacial score (nSPS) is 15.1. The van der Waals surface area contributed by atoms with E-state index in [0.29, 0.717) is 23.4 Å². The highest BCUT2D eigenvalue weighted by atomic mass is 16.5. The lowest BCUT2D eigenvalue weighted by molar-refractivity contribution is 0.409. The van der Waals surface area contributed by atoms with Crippen LogP contribution in [0, 0.1) is 25.2 Å². The maximum Gasteiger partial charge on any atom is 0.254 e. The first-order valence-electron chi connectivity index (χ1n) is 10.2. The summed E-state index contributed by atoms with van der Waals surface area (Å²) >= 11 is 0. The molecule has 4 rings (SSSR count). The number of nitriles is 1. The zero-order chi connectivity index (χ0) is 22.1. The molecule has 1 aromatic heterocycles. The van der Waals surface area contributed by atoms with Crippen molar-refractivity contribution in [3.05, 3.63) is 104 Å². The maximum atomic E-state index is 13.1. The summed E-state index contributed by atoms with van der Waals surface area (Å²) in [6.07, 6.45) is 3.88. The largest absolute Gasteiger partial charge is 0.496 e. The van der Waals surface area contributed by atoms with E-state index in [4.69, 9.17) is 4.74 Å². The number of methoxy groups -OCH3 is 1. The van der Waals surface area contributed by atoms with E-state index >= 15 is 0 Å². The molecule has 3 aromatic rings. The fraction of sp³-hybridized carbons (Fsp3) is 0.231. The van der Waals surface area contributed by atoms with E-state index in [1.807, 2.05) is 13.0 Å². The van der Waals surface area contributed by atoms with Gasteiger partial charge in [0.1, 0.15) is 5.75 Å². The summed E-state index contributed by atoms with van der Waals surface area (Å²) in [7, 11) is 1.59. The number of aryl methyl sites for hydroxylation is 2. The Kier molecular flexibility index (Phi) is 5.39. The van der Waals surface area contributed by atoms with E-state index in [1.54, 1.807) is 25.4 Å². The molecule has 1 atom stereocenters. The summed E-state index contributed by atoms with van der Waals surface area (Å²) in [6.45, 7) is 6.84. The molecule has 5 nitrogen and oxygen atoms in total. The van der Waals surface area contributed by atoms with Gasteiger partial charge in [-0.15, -0.1) is 0 Å². The molecule has 0 spiro atoms. The number of H-pyrrole nitrogens is 1. The summed E-state index contributed by atoms with van der Waals surface area (Å²) in [5, 5.41) is 9.25. The van der Waals surface area contributed by atoms with Crippen molar-refractivity contribution >= 4 is 5.69 Å². The molecule has 0 amide bonds. The van der Waals surface area contributed by atoms with Gasteiger partial charge in [-0.3, -0.25) is 4.79 Å². The van der Waals surface area contributed by atoms with Crippen LogP contribution in [0.25, 0.3) is 0 Å². The zero-order valence-electron chi connectivity index (χ0n) is 18.2. The summed E-state index contributed by atoms with van der Waals surface area (Å²) < 4.78 is 5.59. The van der Waals surface area contributed by atoms with Crippen LogP contribution in [-0.2, 0) is 6.54 Å². The fourth-order valence-corrected chi connectivity index (χ4v) is 4.24. The third-order valence-electron chi connectivity index (χ3n) is 5.87. The van der Waals surface area contributed by atoms with Gasteiger partial charge in [0.15, 0.2) is 0 Å². The average Bonchev–Trinajstić information content (AvgIpc) is 2.78. The molecule has 2 heterocycles. The second-order valence-corrected chi connectivity index (χ2v) is 7.99. The molecular formula is C26H25N3O2. The third kappa shape index (κ3) is 3.73. The van der Waals surface area contributed by atoms with Crippen molar-refractivity contribution in [3.63, 3.8) is 0 Å². The van der Waals surface area contributed by atoms with Gasteiger partial charge in [-0.25, -0.2) is 0 Å². The number of hydrogen-bond donors (Lipinski definition) is 1. The van der Waals surface area contributed by atoms with Crippen molar-refractivity contribution in [3.8, 4) is 11.8 Å². The molecular weight excluding hydrogens is 386 g/mol. The highest BCUT2D eigenvalue weighted by molar-refractivity contribution is 5.69. The van der Waals surface area contributed by atoms with E-state index in [2.05, 4.69) is 60.1 Å². The summed E-state index contributed by atoms with van der Waals surface area (Å²) in [5.41, 5.74) is 7.37. The number of nitrogens with zero attached hydrogens (tertiary/aromatic N) is 2. The van der Waals surface area contributed by atoms with E-state index < -0.39 is 0 Å². The van der Waals surface area contributed by atoms with E-state index in [1.165, 1.54) is 11.1 Å². The predicted octanol–water partition coefficient (Wildman–Crippen LogP) is 4.93. The van der Waals surface area contributed by atoms with Gasteiger partial charge in [0.05, 0.1) is 30.0 Å². The summed E-state index contributed by atoms with van der Waals surface area (Å²) in [5.74, 6) is 0.336. The van der Waals surface area contributed by atoms with E-state index in [-0.39, 0.29) is 11.5 Å². The first kappa shape index (κ1) is 20.5. The maximum absolute atomic E-state index is 13.1. The van der Waals surface area contributed by atoms with Crippen molar-refractivity contribution in [2.45, 2.75) is 33.2 Å². The van der Waals surface area contributed by atoms with Crippen LogP contribution in [0.2, 0.25) is 0 Å². The number of anilines is 1. The van der Waals surface area contributed by atoms with Crippen LogP contribution in [0.3, 0.4) is 0 Å². The van der Waals surface area contributed by atoms with Crippen LogP contribution in [0.4, 0.5) is 5.69 Å². The van der Waals surface area contributed by atoms with Crippen LogP contribution in [0.5, 0.6) is 5.75 Å². The fourth-order valence-electron chi connectivity index (χ4n) is 4.24. The van der Waals surface area contributed by atoms with Gasteiger partial charge in [-0.05, 0) is 44.0 Å². The van der Waals surface area contributed by atoms with Gasteiger partial charge in [-0.1, -0.05) is 42.0 Å². The Balaban J connectivity index is 1.88. The molecule has 31 heavy (non-hydrogen) atoms. The molecule has 0 radical (unpaired) electrons. The number of fused-ring (bicyclic) bond motifs is 1. The van der Waals surface area contributed by atoms with Gasteiger partial charge < -0.3 is 14.6 Å². The minimum atomic E-state index is -0.268. The molecule has 156 valence electrons. The minimum Gasteiger partial charge on any atom is -0.496 e. The standard InChI is InChI=1S/C26H25N3O2/c1-16-5-7-19(8-6-16)15-29-18(3)11-22(24-25(29)17(2)14-28-26(24)30)21-10-9-20(13-27)12-23(21)31-4/h5-12,14,22H,15H2,1-4H3,(H,28,30). The first-order chi connectivity index (χ1) is 14.9. The van der Waals surface area contributed by atoms with Crippen LogP contribution in [0.1, 0.15) is 46.2 Å². The quantitative estimate of drug-likeness (QED) is 0.661. The lowest BCUT2D eigenvalue weighted by Crippen LogP contribution is -2.32. The van der Waals surface area contributed by atoms with Crippen molar-refractivity contribution in [2.75, 3.05) is 12.0 Å². The zero-order valence-corrected chi connectivity index (χ0v) is 18.2. The molecule has 0 bridgehead atoms. The van der Waals surface area contributed by atoms with E-state index in [9.17, 15) is 10.1 Å². The number of benzene rings is 2. The number of allylic oxidation sites excluding steroid dienone is 2. The summed E-state index contributed by atoms with van der Waals surface area (Å²) in [6, 6.07) is 16.0. The minimum absolute atomic E-state index is 0.116. The summed E-state index contributed by atoms with van der Waals surface area (Å²) in [4.78, 5) is 18.2. The van der Waals surface area contributed by atoms with Crippen molar-refractivity contribution in [1.82, 2.24) is 4.98 Å². The molecule has 2 aromatic carbocycles. The third-order valence-corrected chi connectivity index (χ3v) is 5.87. The number of ether oxygens (including phenoxy) is 1. The van der Waals surface area contributed by atoms with Crippen molar-refractivity contribution in [2.24, 2.45) is 0 Å². The topological polar surface area (TPSA) is 69.1 Å². The van der Waals surface area contributed by atoms with Crippen LogP contribution >= 0.6 is 0 Å². The monoisotopic (exact) mass is 411 g/mol. The van der Waals surface area contributed by atoms with Crippen molar-refractivity contribution in [1.29, 1.82) is 5.26 Å². The number of hydrogen-bond acceptors (Lipinski definition) is 4. The highest BCUT2D eigenvalue weighted by Crippen LogP contribution is 2.43. The number of aromatic amines is 1. The number of pyridine rings is 1. The highest BCUT2D eigenvalue weighted by Gasteiger charge is 2.31. The van der Waals surface area contributed by atoms with Gasteiger partial charge in [0.2, 0.25) is 0 Å². The smallest absolute Gasteiger partial charge is 0.254 e. The van der Waals surface area contributed by atoms with Gasteiger partial charge in [0, 0.05) is 29.9 Å². The molecule has 1 aliphatic rings. The second kappa shape index (κ2) is 8.16. The Bertz CT molecular complexity index is 1260. The number of rotatable bonds is 4. The van der Waals surface area contributed by atoms with E-state index in [0.717, 1.165) is 22.5 Å². The lowest BCUT2D eigenvalue weighted by Gasteiger charge is -2.36. The molecule has 1 N–H and O–H groups in total. The Labute approximate surface area is 182 Å². The number of aromatic nitrogens is 1. The molecule has 0 saturated carbocycles. The lowest BCUT2D eigenvalue weighted by atomic mass is 9.85. The van der Waals surface area contributed by atoms with Crippen molar-refractivity contribution < 1.29 is 4.74 Å². The predicted molar refractivity (Wildman–Crippen MR) is 122 cm³/mol. The molecule has 0 fully saturated rings. The van der Waals surface area contributed by atoms with Gasteiger partial charge >= 0.3 is 0 Å². The second-order valence-electron chi connectivity index (χ2n) is 7.99. The Morgan fingerprint density at radius 2 is 1.87 bits per heavy atom. The molecule has 0 aliphatic carbocycles. The van der Waals surface area contributed by atoms with Crippen LogP contribution in [0.15, 0.2) is 65.2 Å². The van der Waals surface area contributed by atoms with Crippen LogP contribution < -0.4 is 15.2 Å². The molecule has 1 unspecified atom stereocenters. The first-order valence-corrected chi connectivity index (χ1v) is 10.2. The Morgan fingerprint density at radius 3 is 2.55 bits per heavy atom. The number of nitrogens with one attached hydrogen (secondary N) is 1. The Hall–Kier alpha value is -3.78. The SMILES string of the molecule is COc1cc(C#N)ccc1C1C=C(C)N(Cc2ccc(C)cc2)c2c(C)c[nH]c(=O)c21. The molecule has 5 heteroatoms. The Morgan fingerprint density at radius 1 is 1.13 bits per heavy atom. The average molecular weight is 412 g/mol. The van der Waals surface area contributed by atoms with Crippen LogP contribution in [-0.4, -0.2) is 12.1 Å². The molecule has 0 saturated heterocycles. The molecule has 1 aliphatic heterocycles. The van der Waals surface area contributed by atoms with Gasteiger partial charge in [-0.2, -0.15) is 5.26 Å².